The average Bonchev–Trinajstić information content (AvgIpc) is 2.99. The van der Waals surface area contributed by atoms with Gasteiger partial charge in [0.05, 0.1) is 13.2 Å². The van der Waals surface area contributed by atoms with Crippen molar-refractivity contribution in [3.63, 3.8) is 0 Å². The molecule has 2 heterocycles. The molecular weight excluding hydrogens is 270 g/mol. The van der Waals surface area contributed by atoms with Crippen LogP contribution in [0.3, 0.4) is 0 Å². The molecule has 1 atom stereocenters. The van der Waals surface area contributed by atoms with E-state index in [2.05, 4.69) is 10.2 Å². The summed E-state index contributed by atoms with van der Waals surface area (Å²) in [6, 6.07) is 0. The number of amides is 2. The van der Waals surface area contributed by atoms with Crippen LogP contribution in [0.25, 0.3) is 0 Å². The minimum Gasteiger partial charge on any atom is -0.362 e. The Balaban J connectivity index is 1.77. The highest BCUT2D eigenvalue weighted by molar-refractivity contribution is 5.86. The van der Waals surface area contributed by atoms with Gasteiger partial charge in [0.2, 0.25) is 5.91 Å². The highest BCUT2D eigenvalue weighted by atomic mass is 16.5. The summed E-state index contributed by atoms with van der Waals surface area (Å²) in [5, 5.41) is 2.61. The Bertz CT molecular complexity index is 382. The molecule has 2 rings (SSSR count). The number of ether oxygens (including phenoxy) is 1. The Kier molecular flexibility index (Phi) is 5.58. The van der Waals surface area contributed by atoms with Gasteiger partial charge in [0.1, 0.15) is 0 Å². The van der Waals surface area contributed by atoms with E-state index in [9.17, 15) is 9.59 Å². The number of hydrogen-bond donors (Lipinski definition) is 1. The summed E-state index contributed by atoms with van der Waals surface area (Å²) in [6.07, 6.45) is 4.01. The molecule has 2 aliphatic rings. The van der Waals surface area contributed by atoms with Gasteiger partial charge in [-0.05, 0) is 45.8 Å². The molecule has 2 aliphatic heterocycles. The molecule has 0 aliphatic carbocycles. The van der Waals surface area contributed by atoms with Gasteiger partial charge in [0, 0.05) is 20.0 Å². The van der Waals surface area contributed by atoms with Crippen LogP contribution in [0.4, 0.5) is 0 Å². The van der Waals surface area contributed by atoms with Crippen LogP contribution in [0.5, 0.6) is 0 Å². The second-order valence-electron chi connectivity index (χ2n) is 6.13. The fraction of sp³-hybridized carbons (Fsp3) is 0.867. The Hall–Kier alpha value is -1.14. The Morgan fingerprint density at radius 3 is 2.62 bits per heavy atom. The van der Waals surface area contributed by atoms with Crippen LogP contribution < -0.4 is 5.32 Å². The monoisotopic (exact) mass is 297 g/mol. The highest BCUT2D eigenvalue weighted by Crippen LogP contribution is 2.19. The second kappa shape index (κ2) is 7.22. The molecule has 0 spiro atoms. The van der Waals surface area contributed by atoms with E-state index in [4.69, 9.17) is 4.74 Å². The summed E-state index contributed by atoms with van der Waals surface area (Å²) in [4.78, 5) is 28.3. The predicted molar refractivity (Wildman–Crippen MR) is 79.9 cm³/mol. The van der Waals surface area contributed by atoms with Gasteiger partial charge >= 0.3 is 0 Å². The number of nitrogens with zero attached hydrogens (tertiary/aromatic N) is 2. The molecule has 21 heavy (non-hydrogen) atoms. The van der Waals surface area contributed by atoms with Gasteiger partial charge in [0.15, 0.2) is 5.60 Å². The SMILES string of the molecule is CNC(=O)[C@@]1(C)CN(C(=O)CCCN2CCCC2)CCO1. The first-order chi connectivity index (χ1) is 10.0. The third-order valence-electron chi connectivity index (χ3n) is 4.40. The maximum absolute atomic E-state index is 12.3. The molecule has 0 aromatic carbocycles. The lowest BCUT2D eigenvalue weighted by molar-refractivity contribution is -0.162. The summed E-state index contributed by atoms with van der Waals surface area (Å²) in [7, 11) is 1.59. The number of carbonyl (C=O) groups is 2. The van der Waals surface area contributed by atoms with Crippen LogP contribution in [0, 0.1) is 0 Å². The third-order valence-corrected chi connectivity index (χ3v) is 4.40. The molecule has 0 radical (unpaired) electrons. The van der Waals surface area contributed by atoms with E-state index >= 15 is 0 Å². The minimum absolute atomic E-state index is 0.132. The molecule has 1 N–H and O–H groups in total. The zero-order valence-electron chi connectivity index (χ0n) is 13.2. The van der Waals surface area contributed by atoms with Gasteiger partial charge < -0.3 is 19.9 Å². The summed E-state index contributed by atoms with van der Waals surface area (Å²) < 4.78 is 5.57. The van der Waals surface area contributed by atoms with E-state index in [0.29, 0.717) is 26.1 Å². The molecule has 0 unspecified atom stereocenters. The fourth-order valence-corrected chi connectivity index (χ4v) is 3.10. The van der Waals surface area contributed by atoms with Crippen molar-refractivity contribution in [2.75, 3.05) is 46.4 Å². The average molecular weight is 297 g/mol. The molecule has 2 saturated heterocycles. The molecule has 0 bridgehead atoms. The fourth-order valence-electron chi connectivity index (χ4n) is 3.10. The maximum Gasteiger partial charge on any atom is 0.253 e. The molecular formula is C15H27N3O3. The van der Waals surface area contributed by atoms with Gasteiger partial charge in [-0.3, -0.25) is 9.59 Å². The van der Waals surface area contributed by atoms with E-state index in [1.165, 1.54) is 25.9 Å². The zero-order chi connectivity index (χ0) is 15.3. The standard InChI is InChI=1S/C15H27N3O3/c1-15(14(20)16-2)12-18(10-11-21-15)13(19)6-5-9-17-7-3-4-8-17/h3-12H2,1-2H3,(H,16,20)/t15-/m1/s1. The molecule has 2 amide bonds. The Morgan fingerprint density at radius 2 is 1.95 bits per heavy atom. The highest BCUT2D eigenvalue weighted by Gasteiger charge is 2.39. The normalized spacial score (nSPS) is 26.9. The van der Waals surface area contributed by atoms with Gasteiger partial charge in [0.25, 0.3) is 5.91 Å². The van der Waals surface area contributed by atoms with E-state index in [1.807, 2.05) is 0 Å². The number of carbonyl (C=O) groups excluding carboxylic acids is 2. The van der Waals surface area contributed by atoms with Crippen molar-refractivity contribution in [3.05, 3.63) is 0 Å². The largest absolute Gasteiger partial charge is 0.362 e. The van der Waals surface area contributed by atoms with Crippen molar-refractivity contribution in [3.8, 4) is 0 Å². The molecule has 120 valence electrons. The lowest BCUT2D eigenvalue weighted by Gasteiger charge is -2.39. The minimum atomic E-state index is -0.919. The topological polar surface area (TPSA) is 61.9 Å². The van der Waals surface area contributed by atoms with Crippen molar-refractivity contribution in [2.45, 2.75) is 38.2 Å². The van der Waals surface area contributed by atoms with Crippen molar-refractivity contribution < 1.29 is 14.3 Å². The molecule has 2 fully saturated rings. The zero-order valence-corrected chi connectivity index (χ0v) is 13.2. The van der Waals surface area contributed by atoms with E-state index in [1.54, 1.807) is 18.9 Å². The van der Waals surface area contributed by atoms with Crippen LogP contribution in [-0.2, 0) is 14.3 Å². The first-order valence-corrected chi connectivity index (χ1v) is 7.91. The molecule has 6 heteroatoms. The van der Waals surface area contributed by atoms with E-state index in [0.717, 1.165) is 13.0 Å². The van der Waals surface area contributed by atoms with Crippen LogP contribution in [0.2, 0.25) is 0 Å². The number of likely N-dealkylation sites (N-methyl/N-ethyl adjacent to an activating group) is 1. The van der Waals surface area contributed by atoms with Gasteiger partial charge in [-0.15, -0.1) is 0 Å². The lowest BCUT2D eigenvalue weighted by Crippen LogP contribution is -2.58. The van der Waals surface area contributed by atoms with Crippen LogP contribution in [0.1, 0.15) is 32.6 Å². The van der Waals surface area contributed by atoms with Crippen LogP contribution >= 0.6 is 0 Å². The lowest BCUT2D eigenvalue weighted by atomic mass is 10.0. The van der Waals surface area contributed by atoms with Crippen LogP contribution in [0.15, 0.2) is 0 Å². The summed E-state index contributed by atoms with van der Waals surface area (Å²) in [6.45, 7) is 6.42. The number of hydrogen-bond acceptors (Lipinski definition) is 4. The quantitative estimate of drug-likeness (QED) is 0.789. The second-order valence-corrected chi connectivity index (χ2v) is 6.13. The van der Waals surface area contributed by atoms with Gasteiger partial charge in [-0.2, -0.15) is 0 Å². The number of nitrogens with one attached hydrogen (secondary N) is 1. The smallest absolute Gasteiger partial charge is 0.253 e. The summed E-state index contributed by atoms with van der Waals surface area (Å²) in [5.41, 5.74) is -0.919. The predicted octanol–water partition coefficient (Wildman–Crippen LogP) is 0.226. The van der Waals surface area contributed by atoms with Crippen molar-refractivity contribution in [2.24, 2.45) is 0 Å². The molecule has 6 nitrogen and oxygen atoms in total. The van der Waals surface area contributed by atoms with Gasteiger partial charge in [-0.1, -0.05) is 0 Å². The molecule has 0 aromatic rings. The Labute approximate surface area is 126 Å². The third kappa shape index (κ3) is 4.17. The summed E-state index contributed by atoms with van der Waals surface area (Å²) >= 11 is 0. The first-order valence-electron chi connectivity index (χ1n) is 7.91. The van der Waals surface area contributed by atoms with Crippen molar-refractivity contribution in [1.29, 1.82) is 0 Å². The number of rotatable bonds is 5. The Morgan fingerprint density at radius 1 is 1.24 bits per heavy atom. The van der Waals surface area contributed by atoms with Crippen molar-refractivity contribution >= 4 is 11.8 Å². The van der Waals surface area contributed by atoms with E-state index < -0.39 is 5.60 Å². The number of morpholine rings is 1. The van der Waals surface area contributed by atoms with E-state index in [-0.39, 0.29) is 11.8 Å². The maximum atomic E-state index is 12.3. The molecule has 0 aromatic heterocycles. The first kappa shape index (κ1) is 16.2. The van der Waals surface area contributed by atoms with Gasteiger partial charge in [-0.25, -0.2) is 0 Å². The summed E-state index contributed by atoms with van der Waals surface area (Å²) in [5.74, 6) is -0.0373. The molecule has 0 saturated carbocycles. The van der Waals surface area contributed by atoms with Crippen molar-refractivity contribution in [1.82, 2.24) is 15.1 Å². The van der Waals surface area contributed by atoms with Crippen LogP contribution in [-0.4, -0.2) is 73.6 Å². The number of likely N-dealkylation sites (tertiary alicyclic amines) is 1.